The lowest BCUT2D eigenvalue weighted by Crippen LogP contribution is -2.61. The molecule has 184 valence electrons. The first-order chi connectivity index (χ1) is 16.1. The smallest absolute Gasteiger partial charge is 0.258 e. The lowest BCUT2D eigenvalue weighted by Gasteiger charge is -2.35. The molecule has 2 heterocycles. The number of hydrazine groups is 1. The van der Waals surface area contributed by atoms with E-state index < -0.39 is 24.1 Å². The molecule has 34 heavy (non-hydrogen) atoms. The standard InChI is InChI=1S/C24H32BrN5O4/c1-13(2)21(31)23(33)27-15(4)24(34)30-11-5-6-19(29-30)22(32)26-14(3)18-10-8-16-7-9-17(25)12-20(16)28-18/h7-10,12-15,19,21,29,31H,5-6,11H2,1-4H3,(H,26,32)(H,27,33). The molecular weight excluding hydrogens is 502 g/mol. The Hall–Kier alpha value is -2.56. The molecule has 4 N–H and O–H groups in total. The van der Waals surface area contributed by atoms with Crippen molar-refractivity contribution in [3.05, 3.63) is 40.5 Å². The van der Waals surface area contributed by atoms with Crippen molar-refractivity contribution in [1.29, 1.82) is 0 Å². The first-order valence-electron chi connectivity index (χ1n) is 11.5. The average Bonchev–Trinajstić information content (AvgIpc) is 2.82. The quantitative estimate of drug-likeness (QED) is 0.432. The van der Waals surface area contributed by atoms with Gasteiger partial charge in [-0.05, 0) is 50.8 Å². The van der Waals surface area contributed by atoms with Gasteiger partial charge < -0.3 is 15.7 Å². The number of aliphatic hydroxyl groups excluding tert-OH is 1. The molecule has 1 fully saturated rings. The molecule has 1 aliphatic heterocycles. The number of pyridine rings is 1. The summed E-state index contributed by atoms with van der Waals surface area (Å²) in [6, 6.07) is 7.98. The molecule has 2 aromatic rings. The van der Waals surface area contributed by atoms with E-state index in [1.807, 2.05) is 37.3 Å². The number of nitrogens with zero attached hydrogens (tertiary/aromatic N) is 2. The van der Waals surface area contributed by atoms with E-state index in [2.05, 4.69) is 37.0 Å². The average molecular weight is 534 g/mol. The Morgan fingerprint density at radius 3 is 2.56 bits per heavy atom. The van der Waals surface area contributed by atoms with E-state index in [0.717, 1.165) is 21.1 Å². The van der Waals surface area contributed by atoms with E-state index in [4.69, 9.17) is 0 Å². The van der Waals surface area contributed by atoms with Gasteiger partial charge in [-0.1, -0.05) is 41.9 Å². The molecule has 0 spiro atoms. The number of rotatable bonds is 7. The molecule has 1 aromatic carbocycles. The second-order valence-corrected chi connectivity index (χ2v) is 9.95. The lowest BCUT2D eigenvalue weighted by molar-refractivity contribution is -0.144. The fraction of sp³-hybridized carbons (Fsp3) is 0.500. The van der Waals surface area contributed by atoms with Crippen molar-refractivity contribution in [1.82, 2.24) is 26.1 Å². The summed E-state index contributed by atoms with van der Waals surface area (Å²) in [5.74, 6) is -1.44. The van der Waals surface area contributed by atoms with Gasteiger partial charge >= 0.3 is 0 Å². The predicted molar refractivity (Wildman–Crippen MR) is 132 cm³/mol. The monoisotopic (exact) mass is 533 g/mol. The van der Waals surface area contributed by atoms with Gasteiger partial charge in [-0.25, -0.2) is 5.43 Å². The van der Waals surface area contributed by atoms with E-state index >= 15 is 0 Å². The van der Waals surface area contributed by atoms with E-state index in [-0.39, 0.29) is 23.8 Å². The fourth-order valence-corrected chi connectivity index (χ4v) is 4.12. The van der Waals surface area contributed by atoms with Crippen molar-refractivity contribution in [2.75, 3.05) is 6.54 Å². The number of amides is 3. The highest BCUT2D eigenvalue weighted by molar-refractivity contribution is 9.10. The number of fused-ring (bicyclic) bond motifs is 1. The van der Waals surface area contributed by atoms with Gasteiger partial charge in [0.05, 0.1) is 17.3 Å². The Balaban J connectivity index is 1.59. The van der Waals surface area contributed by atoms with Crippen LogP contribution in [0.1, 0.15) is 52.3 Å². The summed E-state index contributed by atoms with van der Waals surface area (Å²) in [6.07, 6.45) is 0.0325. The zero-order valence-electron chi connectivity index (χ0n) is 19.8. The molecule has 9 nitrogen and oxygen atoms in total. The summed E-state index contributed by atoms with van der Waals surface area (Å²) >= 11 is 3.45. The summed E-state index contributed by atoms with van der Waals surface area (Å²) in [7, 11) is 0. The molecule has 3 amide bonds. The van der Waals surface area contributed by atoms with Gasteiger partial charge in [0.1, 0.15) is 18.2 Å². The first kappa shape index (κ1) is 26.1. The van der Waals surface area contributed by atoms with E-state index in [9.17, 15) is 19.5 Å². The van der Waals surface area contributed by atoms with Crippen LogP contribution in [0.3, 0.4) is 0 Å². The molecule has 4 unspecified atom stereocenters. The molecule has 0 bridgehead atoms. The minimum Gasteiger partial charge on any atom is -0.383 e. The number of aromatic nitrogens is 1. The van der Waals surface area contributed by atoms with Crippen LogP contribution in [0, 0.1) is 5.92 Å². The molecule has 1 saturated heterocycles. The molecule has 1 aliphatic rings. The van der Waals surface area contributed by atoms with Crippen LogP contribution >= 0.6 is 15.9 Å². The predicted octanol–water partition coefficient (Wildman–Crippen LogP) is 2.19. The van der Waals surface area contributed by atoms with Crippen LogP contribution in [-0.4, -0.2) is 57.6 Å². The number of benzene rings is 1. The van der Waals surface area contributed by atoms with Crippen molar-refractivity contribution in [3.63, 3.8) is 0 Å². The number of nitrogens with one attached hydrogen (secondary N) is 3. The maximum atomic E-state index is 12.9. The number of hydrogen-bond acceptors (Lipinski definition) is 6. The van der Waals surface area contributed by atoms with Crippen molar-refractivity contribution in [2.45, 2.75) is 64.8 Å². The van der Waals surface area contributed by atoms with Crippen LogP contribution in [0.15, 0.2) is 34.8 Å². The third-order valence-electron chi connectivity index (χ3n) is 5.88. The number of carbonyl (C=O) groups excluding carboxylic acids is 3. The highest BCUT2D eigenvalue weighted by Crippen LogP contribution is 2.21. The highest BCUT2D eigenvalue weighted by atomic mass is 79.9. The maximum Gasteiger partial charge on any atom is 0.258 e. The Labute approximate surface area is 207 Å². The van der Waals surface area contributed by atoms with E-state index in [0.29, 0.717) is 19.4 Å². The zero-order chi connectivity index (χ0) is 25.0. The van der Waals surface area contributed by atoms with E-state index in [1.54, 1.807) is 20.8 Å². The molecule has 4 atom stereocenters. The van der Waals surface area contributed by atoms with Crippen LogP contribution in [-0.2, 0) is 14.4 Å². The number of carbonyl (C=O) groups is 3. The minimum atomic E-state index is -1.19. The van der Waals surface area contributed by atoms with Crippen molar-refractivity contribution in [3.8, 4) is 0 Å². The van der Waals surface area contributed by atoms with Gasteiger partial charge in [0.25, 0.3) is 5.91 Å². The summed E-state index contributed by atoms with van der Waals surface area (Å²) in [5.41, 5.74) is 4.56. The number of aliphatic hydroxyl groups is 1. The summed E-state index contributed by atoms with van der Waals surface area (Å²) in [6.45, 7) is 7.29. The SMILES string of the molecule is CC(NC(=O)C(O)C(C)C)C(=O)N1CCCC(C(=O)NC(C)c2ccc3ccc(Br)cc3n2)N1. The van der Waals surface area contributed by atoms with Crippen LogP contribution in [0.5, 0.6) is 0 Å². The minimum absolute atomic E-state index is 0.229. The second-order valence-electron chi connectivity index (χ2n) is 9.04. The van der Waals surface area contributed by atoms with Crippen molar-refractivity contribution < 1.29 is 19.5 Å². The molecule has 0 aliphatic carbocycles. The van der Waals surface area contributed by atoms with Gasteiger partial charge in [-0.3, -0.25) is 24.4 Å². The lowest BCUT2D eigenvalue weighted by atomic mass is 10.1. The van der Waals surface area contributed by atoms with Crippen LogP contribution < -0.4 is 16.1 Å². The third kappa shape index (κ3) is 6.31. The second kappa shape index (κ2) is 11.2. The van der Waals surface area contributed by atoms with Crippen LogP contribution in [0.25, 0.3) is 10.9 Å². The van der Waals surface area contributed by atoms with Gasteiger partial charge in [0, 0.05) is 16.4 Å². The molecular formula is C24H32BrN5O4. The van der Waals surface area contributed by atoms with Crippen molar-refractivity contribution >= 4 is 44.6 Å². The summed E-state index contributed by atoms with van der Waals surface area (Å²) in [4.78, 5) is 42.5. The van der Waals surface area contributed by atoms with Crippen LogP contribution in [0.2, 0.25) is 0 Å². The van der Waals surface area contributed by atoms with Gasteiger partial charge in [-0.15, -0.1) is 0 Å². The van der Waals surface area contributed by atoms with E-state index in [1.165, 1.54) is 5.01 Å². The molecule has 0 radical (unpaired) electrons. The molecule has 1 aromatic heterocycles. The Bertz CT molecular complexity index is 1060. The topological polar surface area (TPSA) is 124 Å². The third-order valence-corrected chi connectivity index (χ3v) is 6.37. The fourth-order valence-electron chi connectivity index (χ4n) is 3.77. The summed E-state index contributed by atoms with van der Waals surface area (Å²) < 4.78 is 0.932. The first-order valence-corrected chi connectivity index (χ1v) is 12.3. The Morgan fingerprint density at radius 1 is 1.15 bits per heavy atom. The number of halogens is 1. The molecule has 10 heteroatoms. The van der Waals surface area contributed by atoms with Crippen molar-refractivity contribution in [2.24, 2.45) is 5.92 Å². The van der Waals surface area contributed by atoms with Gasteiger partial charge in [0.2, 0.25) is 11.8 Å². The zero-order valence-corrected chi connectivity index (χ0v) is 21.4. The van der Waals surface area contributed by atoms with Crippen LogP contribution in [0.4, 0.5) is 0 Å². The highest BCUT2D eigenvalue weighted by Gasteiger charge is 2.32. The normalized spacial score (nSPS) is 18.9. The van der Waals surface area contributed by atoms with Gasteiger partial charge in [-0.2, -0.15) is 0 Å². The molecule has 0 saturated carbocycles. The number of hydrogen-bond donors (Lipinski definition) is 4. The Morgan fingerprint density at radius 2 is 1.85 bits per heavy atom. The Kier molecular flexibility index (Phi) is 8.62. The van der Waals surface area contributed by atoms with Gasteiger partial charge in [0.15, 0.2) is 0 Å². The summed E-state index contributed by atoms with van der Waals surface area (Å²) in [5, 5.41) is 17.8. The largest absolute Gasteiger partial charge is 0.383 e. The maximum absolute atomic E-state index is 12.9. The molecule has 3 rings (SSSR count).